The number of aryl methyl sites for hydroxylation is 1. The maximum absolute atomic E-state index is 11.5. The molecule has 1 saturated heterocycles. The molecule has 1 aromatic rings. The largest absolute Gasteiger partial charge is 0.356 e. The van der Waals surface area contributed by atoms with Crippen LogP contribution in [0, 0.1) is 12.8 Å². The summed E-state index contributed by atoms with van der Waals surface area (Å²) in [7, 11) is -2.81. The van der Waals surface area contributed by atoms with Gasteiger partial charge in [0.25, 0.3) is 0 Å². The van der Waals surface area contributed by atoms with Crippen molar-refractivity contribution in [3.63, 3.8) is 0 Å². The number of sulfone groups is 1. The standard InChI is InChI=1S/C15H23N3O2S2.HI/c1-11-4-6-21-14(11)9-17-15(18-13-2-3-13)16-8-12-5-7-22(19,20)10-12;/h4,6,12-13H,2-3,5,7-10H2,1H3,(H2,16,17,18);1H. The van der Waals surface area contributed by atoms with Crippen LogP contribution in [-0.2, 0) is 16.4 Å². The van der Waals surface area contributed by atoms with Crippen molar-refractivity contribution >= 4 is 51.1 Å². The van der Waals surface area contributed by atoms with E-state index in [0.717, 1.165) is 12.4 Å². The van der Waals surface area contributed by atoms with E-state index in [2.05, 4.69) is 34.0 Å². The highest BCUT2D eigenvalue weighted by atomic mass is 127. The lowest BCUT2D eigenvalue weighted by Gasteiger charge is -2.14. The minimum Gasteiger partial charge on any atom is -0.356 e. The molecule has 0 radical (unpaired) electrons. The average Bonchev–Trinajstić information content (AvgIpc) is 3.08. The Morgan fingerprint density at radius 3 is 2.74 bits per heavy atom. The van der Waals surface area contributed by atoms with Crippen LogP contribution in [0.15, 0.2) is 16.4 Å². The van der Waals surface area contributed by atoms with Crippen LogP contribution < -0.4 is 10.6 Å². The summed E-state index contributed by atoms with van der Waals surface area (Å²) in [5, 5.41) is 8.83. The van der Waals surface area contributed by atoms with E-state index < -0.39 is 9.84 Å². The average molecular weight is 469 g/mol. The zero-order chi connectivity index (χ0) is 15.6. The number of nitrogens with zero attached hydrogens (tertiary/aromatic N) is 1. The molecule has 2 heterocycles. The van der Waals surface area contributed by atoms with Crippen LogP contribution in [0.3, 0.4) is 0 Å². The molecule has 2 N–H and O–H groups in total. The molecule has 0 spiro atoms. The summed E-state index contributed by atoms with van der Waals surface area (Å²) in [6.45, 7) is 3.46. The molecule has 0 bridgehead atoms. The second kappa shape index (κ2) is 8.15. The Hall–Kier alpha value is -0.350. The lowest BCUT2D eigenvalue weighted by atomic mass is 10.1. The molecule has 23 heavy (non-hydrogen) atoms. The first-order valence-corrected chi connectivity index (χ1v) is 10.5. The maximum Gasteiger partial charge on any atom is 0.191 e. The lowest BCUT2D eigenvalue weighted by molar-refractivity contribution is 0.566. The molecule has 1 aromatic heterocycles. The van der Waals surface area contributed by atoms with Gasteiger partial charge in [0, 0.05) is 17.5 Å². The Bertz CT molecular complexity index is 653. The first kappa shape index (κ1) is 19.0. The van der Waals surface area contributed by atoms with Crippen molar-refractivity contribution in [2.24, 2.45) is 10.9 Å². The van der Waals surface area contributed by atoms with Crippen molar-refractivity contribution in [2.45, 2.75) is 38.8 Å². The van der Waals surface area contributed by atoms with Crippen LogP contribution >= 0.6 is 35.3 Å². The molecule has 1 saturated carbocycles. The van der Waals surface area contributed by atoms with Gasteiger partial charge in [0.15, 0.2) is 15.8 Å². The second-order valence-corrected chi connectivity index (χ2v) is 9.49. The molecule has 130 valence electrons. The Kier molecular flexibility index (Phi) is 6.73. The highest BCUT2D eigenvalue weighted by Crippen LogP contribution is 2.20. The van der Waals surface area contributed by atoms with E-state index in [1.165, 1.54) is 23.3 Å². The van der Waals surface area contributed by atoms with Crippen LogP contribution in [0.4, 0.5) is 0 Å². The van der Waals surface area contributed by atoms with Gasteiger partial charge in [-0.2, -0.15) is 0 Å². The van der Waals surface area contributed by atoms with Gasteiger partial charge >= 0.3 is 0 Å². The first-order valence-electron chi connectivity index (χ1n) is 7.80. The molecule has 5 nitrogen and oxygen atoms in total. The van der Waals surface area contributed by atoms with Crippen LogP contribution in [0.1, 0.15) is 29.7 Å². The van der Waals surface area contributed by atoms with Gasteiger partial charge < -0.3 is 10.6 Å². The van der Waals surface area contributed by atoms with Gasteiger partial charge in [-0.25, -0.2) is 13.4 Å². The Labute approximate surface area is 159 Å². The summed E-state index contributed by atoms with van der Waals surface area (Å²) in [6, 6.07) is 2.64. The van der Waals surface area contributed by atoms with E-state index in [9.17, 15) is 8.42 Å². The molecule has 1 atom stereocenters. The smallest absolute Gasteiger partial charge is 0.191 e. The van der Waals surface area contributed by atoms with Crippen molar-refractivity contribution < 1.29 is 8.42 Å². The summed E-state index contributed by atoms with van der Waals surface area (Å²) in [6.07, 6.45) is 3.14. The Morgan fingerprint density at radius 1 is 1.39 bits per heavy atom. The fourth-order valence-electron chi connectivity index (χ4n) is 2.56. The van der Waals surface area contributed by atoms with Crippen molar-refractivity contribution in [1.29, 1.82) is 0 Å². The normalized spacial score (nSPS) is 23.3. The molecule has 2 aliphatic rings. The third kappa shape index (κ3) is 5.90. The fourth-order valence-corrected chi connectivity index (χ4v) is 5.26. The number of thiophene rings is 1. The molecular weight excluding hydrogens is 445 g/mol. The van der Waals surface area contributed by atoms with Crippen molar-refractivity contribution in [2.75, 3.05) is 18.1 Å². The SMILES string of the molecule is Cc1ccsc1CN=C(NCC1CCS(=O)(=O)C1)NC1CC1.I. The van der Waals surface area contributed by atoms with Gasteiger partial charge in [0.2, 0.25) is 0 Å². The number of hydrogen-bond acceptors (Lipinski definition) is 4. The molecule has 8 heteroatoms. The van der Waals surface area contributed by atoms with Gasteiger partial charge in [-0.3, -0.25) is 0 Å². The second-order valence-electron chi connectivity index (χ2n) is 6.26. The van der Waals surface area contributed by atoms with E-state index in [1.54, 1.807) is 11.3 Å². The third-order valence-electron chi connectivity index (χ3n) is 4.15. The Balaban J connectivity index is 0.00000192. The number of halogens is 1. The first-order chi connectivity index (χ1) is 10.5. The number of guanidine groups is 1. The molecule has 1 unspecified atom stereocenters. The van der Waals surface area contributed by atoms with E-state index >= 15 is 0 Å². The molecular formula is C15H24IN3O2S2. The van der Waals surface area contributed by atoms with E-state index in [1.807, 2.05) is 0 Å². The summed E-state index contributed by atoms with van der Waals surface area (Å²) in [5.74, 6) is 1.66. The van der Waals surface area contributed by atoms with Crippen LogP contribution in [-0.4, -0.2) is 38.5 Å². The summed E-state index contributed by atoms with van der Waals surface area (Å²) in [5.41, 5.74) is 1.28. The highest BCUT2D eigenvalue weighted by Gasteiger charge is 2.28. The van der Waals surface area contributed by atoms with E-state index in [-0.39, 0.29) is 29.9 Å². The van der Waals surface area contributed by atoms with Crippen molar-refractivity contribution in [1.82, 2.24) is 10.6 Å². The predicted octanol–water partition coefficient (Wildman–Crippen LogP) is 2.31. The minimum absolute atomic E-state index is 0. The predicted molar refractivity (Wildman–Crippen MR) is 107 cm³/mol. The van der Waals surface area contributed by atoms with Gasteiger partial charge in [0.05, 0.1) is 18.1 Å². The van der Waals surface area contributed by atoms with E-state index in [4.69, 9.17) is 0 Å². The zero-order valence-electron chi connectivity index (χ0n) is 13.2. The molecule has 2 fully saturated rings. The van der Waals surface area contributed by atoms with E-state index in [0.29, 0.717) is 30.6 Å². The third-order valence-corrected chi connectivity index (χ3v) is 7.00. The number of hydrogen-bond donors (Lipinski definition) is 2. The van der Waals surface area contributed by atoms with Gasteiger partial charge in [-0.1, -0.05) is 0 Å². The molecule has 1 aliphatic heterocycles. The van der Waals surface area contributed by atoms with Crippen LogP contribution in [0.25, 0.3) is 0 Å². The number of nitrogens with one attached hydrogen (secondary N) is 2. The monoisotopic (exact) mass is 469 g/mol. The number of aliphatic imine (C=N–C) groups is 1. The summed E-state index contributed by atoms with van der Waals surface area (Å²) < 4.78 is 23.0. The minimum atomic E-state index is -2.81. The van der Waals surface area contributed by atoms with Gasteiger partial charge in [-0.15, -0.1) is 35.3 Å². The fraction of sp³-hybridized carbons (Fsp3) is 0.667. The van der Waals surface area contributed by atoms with Crippen LogP contribution in [0.5, 0.6) is 0 Å². The Morgan fingerprint density at radius 2 is 2.17 bits per heavy atom. The topological polar surface area (TPSA) is 70.6 Å². The maximum atomic E-state index is 11.5. The van der Waals surface area contributed by atoms with Gasteiger partial charge in [0.1, 0.15) is 0 Å². The highest BCUT2D eigenvalue weighted by molar-refractivity contribution is 14.0. The van der Waals surface area contributed by atoms with Gasteiger partial charge in [-0.05, 0) is 49.1 Å². The summed E-state index contributed by atoms with van der Waals surface area (Å²) in [4.78, 5) is 5.94. The van der Waals surface area contributed by atoms with Crippen molar-refractivity contribution in [3.8, 4) is 0 Å². The molecule has 0 aromatic carbocycles. The van der Waals surface area contributed by atoms with Crippen molar-refractivity contribution in [3.05, 3.63) is 21.9 Å². The molecule has 1 aliphatic carbocycles. The quantitative estimate of drug-likeness (QED) is 0.395. The van der Waals surface area contributed by atoms with Crippen LogP contribution in [0.2, 0.25) is 0 Å². The molecule has 0 amide bonds. The lowest BCUT2D eigenvalue weighted by Crippen LogP contribution is -2.41. The summed E-state index contributed by atoms with van der Waals surface area (Å²) >= 11 is 1.73. The molecule has 3 rings (SSSR count). The number of rotatable bonds is 5. The zero-order valence-corrected chi connectivity index (χ0v) is 17.2.